The molecule has 104 valence electrons. The van der Waals surface area contributed by atoms with Crippen LogP contribution in [0.3, 0.4) is 0 Å². The van der Waals surface area contributed by atoms with Crippen molar-refractivity contribution in [3.05, 3.63) is 0 Å². The predicted molar refractivity (Wildman–Crippen MR) is 67.1 cm³/mol. The van der Waals surface area contributed by atoms with E-state index in [4.69, 9.17) is 4.74 Å². The SMILES string of the molecule is O=C(CN1CCS(=O)(=O)CC1)NC1CCOCC1. The first-order valence-corrected chi connectivity index (χ1v) is 8.17. The van der Waals surface area contributed by atoms with Gasteiger partial charge in [0.25, 0.3) is 0 Å². The van der Waals surface area contributed by atoms with Crippen molar-refractivity contribution in [2.75, 3.05) is 44.4 Å². The smallest absolute Gasteiger partial charge is 0.234 e. The highest BCUT2D eigenvalue weighted by atomic mass is 32.2. The van der Waals surface area contributed by atoms with E-state index < -0.39 is 9.84 Å². The summed E-state index contributed by atoms with van der Waals surface area (Å²) in [6.07, 6.45) is 1.72. The van der Waals surface area contributed by atoms with Gasteiger partial charge in [0, 0.05) is 32.3 Å². The highest BCUT2D eigenvalue weighted by Gasteiger charge is 2.24. The molecular formula is C11H20N2O4S. The fraction of sp³-hybridized carbons (Fsp3) is 0.909. The molecule has 1 amide bonds. The summed E-state index contributed by atoms with van der Waals surface area (Å²) in [5.41, 5.74) is 0. The quantitative estimate of drug-likeness (QED) is 0.716. The number of nitrogens with zero attached hydrogens (tertiary/aromatic N) is 1. The minimum atomic E-state index is -2.87. The van der Waals surface area contributed by atoms with Crippen molar-refractivity contribution >= 4 is 15.7 Å². The lowest BCUT2D eigenvalue weighted by molar-refractivity contribution is -0.123. The minimum Gasteiger partial charge on any atom is -0.381 e. The molecule has 0 aromatic rings. The third kappa shape index (κ3) is 4.22. The normalized spacial score (nSPS) is 25.8. The number of amides is 1. The number of hydrogen-bond acceptors (Lipinski definition) is 5. The van der Waals surface area contributed by atoms with E-state index in [0.29, 0.717) is 32.8 Å². The van der Waals surface area contributed by atoms with Gasteiger partial charge in [0.2, 0.25) is 5.91 Å². The Morgan fingerprint density at radius 2 is 1.83 bits per heavy atom. The molecule has 0 aromatic carbocycles. The molecule has 7 heteroatoms. The molecule has 0 radical (unpaired) electrons. The van der Waals surface area contributed by atoms with Crippen LogP contribution in [-0.2, 0) is 19.4 Å². The Morgan fingerprint density at radius 3 is 2.44 bits per heavy atom. The summed E-state index contributed by atoms with van der Waals surface area (Å²) < 4.78 is 27.7. The maximum atomic E-state index is 11.8. The molecule has 1 N–H and O–H groups in total. The molecule has 6 nitrogen and oxygen atoms in total. The Hall–Kier alpha value is -0.660. The molecule has 2 saturated heterocycles. The molecule has 0 saturated carbocycles. The van der Waals surface area contributed by atoms with Crippen molar-refractivity contribution in [1.82, 2.24) is 10.2 Å². The van der Waals surface area contributed by atoms with E-state index in [9.17, 15) is 13.2 Å². The molecule has 2 aliphatic heterocycles. The number of ether oxygens (including phenoxy) is 1. The van der Waals surface area contributed by atoms with Crippen molar-refractivity contribution in [3.8, 4) is 0 Å². The second-order valence-corrected chi connectivity index (χ2v) is 7.19. The van der Waals surface area contributed by atoms with E-state index in [0.717, 1.165) is 12.8 Å². The Bertz CT molecular complexity index is 376. The van der Waals surface area contributed by atoms with Gasteiger partial charge in [-0.3, -0.25) is 9.69 Å². The van der Waals surface area contributed by atoms with Crippen molar-refractivity contribution < 1.29 is 17.9 Å². The van der Waals surface area contributed by atoms with Crippen LogP contribution in [0.5, 0.6) is 0 Å². The van der Waals surface area contributed by atoms with E-state index >= 15 is 0 Å². The number of carbonyl (C=O) groups excluding carboxylic acids is 1. The average molecular weight is 276 g/mol. The van der Waals surface area contributed by atoms with Gasteiger partial charge in [-0.05, 0) is 12.8 Å². The van der Waals surface area contributed by atoms with Crippen LogP contribution in [0, 0.1) is 0 Å². The second-order valence-electron chi connectivity index (χ2n) is 4.88. The van der Waals surface area contributed by atoms with Gasteiger partial charge in [0.1, 0.15) is 0 Å². The zero-order valence-electron chi connectivity index (χ0n) is 10.4. The number of rotatable bonds is 3. The van der Waals surface area contributed by atoms with Crippen LogP contribution in [-0.4, -0.2) is 69.6 Å². The molecule has 0 aromatic heterocycles. The minimum absolute atomic E-state index is 0.0128. The standard InChI is InChI=1S/C11H20N2O4S/c14-11(12-10-1-5-17-6-2-10)9-13-3-7-18(15,16)8-4-13/h10H,1-9H2,(H,12,14). The monoisotopic (exact) mass is 276 g/mol. The molecular weight excluding hydrogens is 256 g/mol. The lowest BCUT2D eigenvalue weighted by Gasteiger charge is -2.28. The zero-order chi connectivity index (χ0) is 13.0. The third-order valence-electron chi connectivity index (χ3n) is 3.39. The van der Waals surface area contributed by atoms with Gasteiger partial charge >= 0.3 is 0 Å². The van der Waals surface area contributed by atoms with Crippen LogP contribution >= 0.6 is 0 Å². The Labute approximate surface area is 108 Å². The highest BCUT2D eigenvalue weighted by molar-refractivity contribution is 7.91. The first-order chi connectivity index (χ1) is 8.55. The van der Waals surface area contributed by atoms with Crippen molar-refractivity contribution in [2.45, 2.75) is 18.9 Å². The molecule has 0 atom stereocenters. The Morgan fingerprint density at radius 1 is 1.22 bits per heavy atom. The second kappa shape index (κ2) is 5.99. The fourth-order valence-electron chi connectivity index (χ4n) is 2.23. The van der Waals surface area contributed by atoms with Crippen molar-refractivity contribution in [2.24, 2.45) is 0 Å². The van der Waals surface area contributed by atoms with Crippen LogP contribution in [0.25, 0.3) is 0 Å². The molecule has 2 rings (SSSR count). The van der Waals surface area contributed by atoms with E-state index in [-0.39, 0.29) is 23.5 Å². The van der Waals surface area contributed by atoms with Crippen LogP contribution in [0.4, 0.5) is 0 Å². The Kier molecular flexibility index (Phi) is 4.58. The van der Waals surface area contributed by atoms with Gasteiger partial charge in [-0.1, -0.05) is 0 Å². The van der Waals surface area contributed by atoms with E-state index in [2.05, 4.69) is 5.32 Å². The molecule has 2 fully saturated rings. The van der Waals surface area contributed by atoms with Gasteiger partial charge in [-0.25, -0.2) is 8.42 Å². The van der Waals surface area contributed by atoms with Crippen LogP contribution < -0.4 is 5.32 Å². The summed E-state index contributed by atoms with van der Waals surface area (Å²) in [6.45, 7) is 2.62. The topological polar surface area (TPSA) is 75.7 Å². The highest BCUT2D eigenvalue weighted by Crippen LogP contribution is 2.07. The van der Waals surface area contributed by atoms with Gasteiger partial charge in [0.05, 0.1) is 18.1 Å². The number of carbonyl (C=O) groups is 1. The first-order valence-electron chi connectivity index (χ1n) is 6.35. The molecule has 0 spiro atoms. The summed E-state index contributed by atoms with van der Waals surface area (Å²) >= 11 is 0. The zero-order valence-corrected chi connectivity index (χ0v) is 11.2. The summed E-state index contributed by atoms with van der Waals surface area (Å²) in [5, 5.41) is 2.98. The lowest BCUT2D eigenvalue weighted by atomic mass is 10.1. The van der Waals surface area contributed by atoms with Crippen molar-refractivity contribution in [1.29, 1.82) is 0 Å². The summed E-state index contributed by atoms with van der Waals surface area (Å²) in [4.78, 5) is 13.7. The van der Waals surface area contributed by atoms with Crippen molar-refractivity contribution in [3.63, 3.8) is 0 Å². The first kappa shape index (κ1) is 13.8. The van der Waals surface area contributed by atoms with E-state index in [1.807, 2.05) is 4.90 Å². The van der Waals surface area contributed by atoms with Gasteiger partial charge in [0.15, 0.2) is 9.84 Å². The molecule has 0 unspecified atom stereocenters. The molecule has 0 bridgehead atoms. The Balaban J connectivity index is 1.71. The van der Waals surface area contributed by atoms with Gasteiger partial charge in [-0.2, -0.15) is 0 Å². The molecule has 0 aliphatic carbocycles. The van der Waals surface area contributed by atoms with E-state index in [1.54, 1.807) is 0 Å². The van der Waals surface area contributed by atoms with Crippen LogP contribution in [0.2, 0.25) is 0 Å². The number of sulfone groups is 1. The number of nitrogens with one attached hydrogen (secondary N) is 1. The summed E-state index contributed by atoms with van der Waals surface area (Å²) in [6, 6.07) is 0.208. The largest absolute Gasteiger partial charge is 0.381 e. The van der Waals surface area contributed by atoms with Gasteiger partial charge < -0.3 is 10.1 Å². The predicted octanol–water partition coefficient (Wildman–Crippen LogP) is -0.988. The summed E-state index contributed by atoms with van der Waals surface area (Å²) in [5.74, 6) is 0.316. The third-order valence-corrected chi connectivity index (χ3v) is 5.00. The van der Waals surface area contributed by atoms with Crippen LogP contribution in [0.15, 0.2) is 0 Å². The van der Waals surface area contributed by atoms with E-state index in [1.165, 1.54) is 0 Å². The molecule has 18 heavy (non-hydrogen) atoms. The lowest BCUT2D eigenvalue weighted by Crippen LogP contribution is -2.48. The maximum absolute atomic E-state index is 11.8. The fourth-order valence-corrected chi connectivity index (χ4v) is 3.50. The molecule has 2 aliphatic rings. The molecule has 2 heterocycles. The van der Waals surface area contributed by atoms with Crippen LogP contribution in [0.1, 0.15) is 12.8 Å². The maximum Gasteiger partial charge on any atom is 0.234 e. The average Bonchev–Trinajstić information content (AvgIpc) is 2.33. The number of hydrogen-bond donors (Lipinski definition) is 1. The van der Waals surface area contributed by atoms with Gasteiger partial charge in [-0.15, -0.1) is 0 Å². The summed E-state index contributed by atoms with van der Waals surface area (Å²) in [7, 11) is -2.87.